The number of nitrogens with zero attached hydrogens (tertiary/aromatic N) is 2. The van der Waals surface area contributed by atoms with Gasteiger partial charge in [-0.1, -0.05) is 212 Å². The maximum atomic E-state index is 8.37. The van der Waals surface area contributed by atoms with Crippen molar-refractivity contribution < 1.29 is 0 Å². The summed E-state index contributed by atoms with van der Waals surface area (Å²) in [6.07, 6.45) is 22.8. The third-order valence-electron chi connectivity index (χ3n) is 18.1. The molecular weight excluding hydrogens is 737 g/mol. The first-order chi connectivity index (χ1) is 27.3. The number of hydrogen-bond donors (Lipinski definition) is 0. The first-order valence-electron chi connectivity index (χ1n) is 26.1. The van der Waals surface area contributed by atoms with Crippen LogP contribution in [0.1, 0.15) is 276 Å². The highest BCUT2D eigenvalue weighted by Crippen LogP contribution is 2.59. The Hall–Kier alpha value is -1.02. The van der Waals surface area contributed by atoms with Crippen molar-refractivity contribution >= 4 is 0 Å². The van der Waals surface area contributed by atoms with Crippen molar-refractivity contribution in [3.8, 4) is 12.1 Å². The Balaban J connectivity index is -0.000000319. The van der Waals surface area contributed by atoms with E-state index in [1.807, 2.05) is 0 Å². The number of hydrogen-bond acceptors (Lipinski definition) is 2. The predicted molar refractivity (Wildman–Crippen MR) is 280 cm³/mol. The quantitative estimate of drug-likeness (QED) is 0.185. The molecule has 0 heterocycles. The minimum atomic E-state index is 0. The van der Waals surface area contributed by atoms with Crippen LogP contribution in [0.15, 0.2) is 0 Å². The van der Waals surface area contributed by atoms with Gasteiger partial charge in [0.05, 0.1) is 12.1 Å². The highest BCUT2D eigenvalue weighted by molar-refractivity contribution is 5.00. The lowest BCUT2D eigenvalue weighted by molar-refractivity contribution is 0.0109. The van der Waals surface area contributed by atoms with Crippen LogP contribution in [-0.2, 0) is 0 Å². The second-order valence-corrected chi connectivity index (χ2v) is 23.4. The second-order valence-electron chi connectivity index (χ2n) is 23.4. The van der Waals surface area contributed by atoms with Crippen LogP contribution in [-0.4, -0.2) is 0 Å². The standard InChI is InChI=1S/C12H24.C11H22.C10H20.C9H18.C8H15N.C7H13N.2CH4/c1-5-12(10(2)3)8-6-11(4)7-9-12;1-5-11(9(2)3)7-6-10(4)8-11;1-5-10(8(2)3)6-9(4)7-10;1-5-9(7(2)3)6-8(9)4;1-4-8(5-6-9)7(2)3;1-6(2)7(3)4-5-8;;/h10-11H,5-9H2,1-4H3;9-10H,5-8H2,1-4H3;8-9H,5-7H2,1-4H3;7-8H,5-6H2,1-4H3;7-8H,4-5H2,1-3H3;6-7H,4H2,1-3H3;2*1H4. The SMILES string of the molecule is C.C.CC(C)C(C)CC#N.CCC(CC#N)C(C)C.CCC1(C(C)C)CC(C)C1.CCC1(C(C)C)CC1C.CCC1(C(C)C)CCC(C)C1.CCC1(C(C)C)CCC(C)CC1. The summed E-state index contributed by atoms with van der Waals surface area (Å²) in [6, 6.07) is 4.35. The second kappa shape index (κ2) is 32.6. The highest BCUT2D eigenvalue weighted by Gasteiger charge is 2.51. The summed E-state index contributed by atoms with van der Waals surface area (Å²) in [5.41, 5.74) is 2.89. The molecule has 0 N–H and O–H groups in total. The van der Waals surface area contributed by atoms with E-state index in [2.05, 4.69) is 164 Å². The molecule has 0 aromatic rings. The minimum Gasteiger partial charge on any atom is -0.198 e. The fourth-order valence-corrected chi connectivity index (χ4v) is 11.4. The smallest absolute Gasteiger partial charge is 0.0624 e. The van der Waals surface area contributed by atoms with E-state index < -0.39 is 0 Å². The molecule has 0 saturated heterocycles. The average molecular weight is 858 g/mol. The van der Waals surface area contributed by atoms with E-state index >= 15 is 0 Å². The summed E-state index contributed by atoms with van der Waals surface area (Å²) < 4.78 is 0. The Bertz CT molecular complexity index is 1110. The van der Waals surface area contributed by atoms with Crippen LogP contribution in [0.4, 0.5) is 0 Å². The summed E-state index contributed by atoms with van der Waals surface area (Å²) >= 11 is 0. The fourth-order valence-electron chi connectivity index (χ4n) is 11.4. The molecule has 0 spiro atoms. The molecule has 4 aliphatic rings. The Labute approximate surface area is 390 Å². The summed E-state index contributed by atoms with van der Waals surface area (Å²) in [6.45, 7) is 50.9. The van der Waals surface area contributed by atoms with Gasteiger partial charge in [0.15, 0.2) is 0 Å². The van der Waals surface area contributed by atoms with Gasteiger partial charge >= 0.3 is 0 Å². The van der Waals surface area contributed by atoms with Crippen LogP contribution in [0.3, 0.4) is 0 Å². The monoisotopic (exact) mass is 857 g/mol. The highest BCUT2D eigenvalue weighted by atomic mass is 14.6. The van der Waals surface area contributed by atoms with Crippen LogP contribution in [0, 0.1) is 115 Å². The van der Waals surface area contributed by atoms with E-state index in [1.165, 1.54) is 89.9 Å². The summed E-state index contributed by atoms with van der Waals surface area (Å²) in [5, 5.41) is 16.6. The van der Waals surface area contributed by atoms with Gasteiger partial charge < -0.3 is 0 Å². The van der Waals surface area contributed by atoms with Crippen molar-refractivity contribution in [3.05, 3.63) is 0 Å². The minimum absolute atomic E-state index is 0. The molecule has 0 radical (unpaired) electrons. The molecule has 0 aromatic heterocycles. The molecular formula is C59H120N2. The van der Waals surface area contributed by atoms with Crippen LogP contribution in [0.5, 0.6) is 0 Å². The van der Waals surface area contributed by atoms with Gasteiger partial charge in [-0.25, -0.2) is 0 Å². The summed E-state index contributed by atoms with van der Waals surface area (Å²) in [4.78, 5) is 0. The van der Waals surface area contributed by atoms with Crippen molar-refractivity contribution in [1.82, 2.24) is 0 Å². The maximum Gasteiger partial charge on any atom is 0.0624 e. The molecule has 6 unspecified atom stereocenters. The molecule has 4 saturated carbocycles. The largest absolute Gasteiger partial charge is 0.198 e. The zero-order valence-electron chi connectivity index (χ0n) is 44.8. The lowest BCUT2D eigenvalue weighted by Gasteiger charge is -2.49. The molecule has 61 heavy (non-hydrogen) atoms. The van der Waals surface area contributed by atoms with Gasteiger partial charge in [-0.3, -0.25) is 0 Å². The fraction of sp³-hybridized carbons (Fsp3) is 0.966. The predicted octanol–water partition coefficient (Wildman–Crippen LogP) is 20.7. The van der Waals surface area contributed by atoms with E-state index in [1.54, 1.807) is 0 Å². The van der Waals surface area contributed by atoms with Gasteiger partial charge in [-0.15, -0.1) is 0 Å². The molecule has 2 nitrogen and oxygen atoms in total. The van der Waals surface area contributed by atoms with Gasteiger partial charge in [-0.05, 0) is 144 Å². The van der Waals surface area contributed by atoms with E-state index in [9.17, 15) is 0 Å². The van der Waals surface area contributed by atoms with Crippen molar-refractivity contribution in [1.29, 1.82) is 10.5 Å². The van der Waals surface area contributed by atoms with Gasteiger partial charge in [0.1, 0.15) is 0 Å². The van der Waals surface area contributed by atoms with Crippen LogP contribution < -0.4 is 0 Å². The lowest BCUT2D eigenvalue weighted by atomic mass is 9.56. The topological polar surface area (TPSA) is 47.6 Å². The Morgan fingerprint density at radius 1 is 0.459 bits per heavy atom. The molecule has 4 rings (SSSR count). The zero-order valence-corrected chi connectivity index (χ0v) is 44.8. The molecule has 366 valence electrons. The molecule has 0 aromatic carbocycles. The first kappa shape index (κ1) is 66.6. The van der Waals surface area contributed by atoms with Gasteiger partial charge in [0.25, 0.3) is 0 Å². The Morgan fingerprint density at radius 2 is 0.836 bits per heavy atom. The average Bonchev–Trinajstić information content (AvgIpc) is 3.70. The summed E-state index contributed by atoms with van der Waals surface area (Å²) in [5.74, 6) is 10.0. The third-order valence-corrected chi connectivity index (χ3v) is 18.1. The lowest BCUT2D eigenvalue weighted by Crippen LogP contribution is -2.39. The maximum absolute atomic E-state index is 8.37. The molecule has 0 bridgehead atoms. The van der Waals surface area contributed by atoms with Crippen molar-refractivity contribution in [2.45, 2.75) is 276 Å². The molecule has 0 amide bonds. The van der Waals surface area contributed by atoms with Crippen LogP contribution in [0.25, 0.3) is 0 Å². The molecule has 4 aliphatic carbocycles. The van der Waals surface area contributed by atoms with E-state index in [4.69, 9.17) is 10.5 Å². The van der Waals surface area contributed by atoms with Gasteiger partial charge in [0.2, 0.25) is 0 Å². The number of nitriles is 2. The van der Waals surface area contributed by atoms with E-state index in [-0.39, 0.29) is 14.9 Å². The Morgan fingerprint density at radius 3 is 0.984 bits per heavy atom. The summed E-state index contributed by atoms with van der Waals surface area (Å²) in [7, 11) is 0. The van der Waals surface area contributed by atoms with Crippen molar-refractivity contribution in [3.63, 3.8) is 0 Å². The van der Waals surface area contributed by atoms with Crippen LogP contribution in [0.2, 0.25) is 0 Å². The molecule has 0 aliphatic heterocycles. The van der Waals surface area contributed by atoms with Gasteiger partial charge in [0, 0.05) is 12.8 Å². The molecule has 4 fully saturated rings. The van der Waals surface area contributed by atoms with E-state index in [0.29, 0.717) is 47.3 Å². The first-order valence-corrected chi connectivity index (χ1v) is 26.1. The number of rotatable bonds is 13. The molecule has 6 atom stereocenters. The van der Waals surface area contributed by atoms with Gasteiger partial charge in [-0.2, -0.15) is 10.5 Å². The Kier molecular flexibility index (Phi) is 35.6. The van der Waals surface area contributed by atoms with Crippen molar-refractivity contribution in [2.24, 2.45) is 92.7 Å². The third kappa shape index (κ3) is 22.1. The molecule has 2 heteroatoms. The van der Waals surface area contributed by atoms with Crippen molar-refractivity contribution in [2.75, 3.05) is 0 Å². The van der Waals surface area contributed by atoms with Crippen LogP contribution >= 0.6 is 0 Å². The zero-order chi connectivity index (χ0) is 46.4. The normalized spacial score (nSPS) is 30.7. The van der Waals surface area contributed by atoms with E-state index in [0.717, 1.165) is 64.6 Å².